The molecule has 1 unspecified atom stereocenters. The first-order chi connectivity index (χ1) is 19.3. The lowest BCUT2D eigenvalue weighted by atomic mass is 9.95. The van der Waals surface area contributed by atoms with Crippen molar-refractivity contribution in [3.05, 3.63) is 53.3 Å². The summed E-state index contributed by atoms with van der Waals surface area (Å²) in [5.41, 5.74) is -2.78. The van der Waals surface area contributed by atoms with Crippen LogP contribution < -0.4 is 9.64 Å². The molecular formula is C28H30ClF4N5O3. The molecule has 2 saturated heterocycles. The molecule has 0 saturated carbocycles. The maximum absolute atomic E-state index is 15.0. The van der Waals surface area contributed by atoms with Gasteiger partial charge in [-0.3, -0.25) is 9.59 Å². The van der Waals surface area contributed by atoms with E-state index >= 15 is 0 Å². The number of nitrogens with zero attached hydrogens (tertiary/aromatic N) is 5. The minimum atomic E-state index is -4.70. The molecule has 3 aliphatic rings. The third kappa shape index (κ3) is 4.80. The van der Waals surface area contributed by atoms with Crippen LogP contribution in [0.25, 0.3) is 11.3 Å². The van der Waals surface area contributed by atoms with Crippen molar-refractivity contribution in [1.29, 1.82) is 0 Å². The number of ether oxygens (including phenoxy) is 1. The van der Waals surface area contributed by atoms with Crippen molar-refractivity contribution in [2.24, 2.45) is 0 Å². The molecule has 0 bridgehead atoms. The molecule has 2 aromatic rings. The molecule has 8 nitrogen and oxygen atoms in total. The van der Waals surface area contributed by atoms with Crippen LogP contribution in [0.4, 0.5) is 23.4 Å². The summed E-state index contributed by atoms with van der Waals surface area (Å²) in [7, 11) is 3.38. The molecule has 3 atom stereocenters. The van der Waals surface area contributed by atoms with Crippen molar-refractivity contribution in [3.63, 3.8) is 0 Å². The summed E-state index contributed by atoms with van der Waals surface area (Å²) in [4.78, 5) is 36.7. The van der Waals surface area contributed by atoms with Crippen LogP contribution >= 0.6 is 11.6 Å². The van der Waals surface area contributed by atoms with Gasteiger partial charge >= 0.3 is 6.18 Å². The second-order valence-electron chi connectivity index (χ2n) is 10.9. The molecule has 0 spiro atoms. The summed E-state index contributed by atoms with van der Waals surface area (Å²) in [5, 5.41) is -0.182. The summed E-state index contributed by atoms with van der Waals surface area (Å²) in [6.45, 7) is 4.86. The number of halogens is 5. The Labute approximate surface area is 240 Å². The number of rotatable bonds is 4. The summed E-state index contributed by atoms with van der Waals surface area (Å²) >= 11 is 6.74. The number of pyridine rings is 1. The Morgan fingerprint density at radius 2 is 1.95 bits per heavy atom. The Morgan fingerprint density at radius 1 is 1.24 bits per heavy atom. The minimum absolute atomic E-state index is 0.0422. The Bertz CT molecular complexity index is 1400. The first kappa shape index (κ1) is 29.1. The quantitative estimate of drug-likeness (QED) is 0.389. The number of benzene rings is 1. The van der Waals surface area contributed by atoms with Crippen LogP contribution in [0.2, 0.25) is 5.02 Å². The van der Waals surface area contributed by atoms with Gasteiger partial charge in [0.05, 0.1) is 11.7 Å². The van der Waals surface area contributed by atoms with Gasteiger partial charge in [0, 0.05) is 37.8 Å². The number of amides is 2. The molecule has 220 valence electrons. The molecule has 0 aliphatic carbocycles. The highest BCUT2D eigenvalue weighted by molar-refractivity contribution is 6.35. The zero-order valence-electron chi connectivity index (χ0n) is 22.8. The number of anilines is 1. The number of alkyl halides is 3. The minimum Gasteiger partial charge on any atom is -0.489 e. The first-order valence-electron chi connectivity index (χ1n) is 13.1. The topological polar surface area (TPSA) is 69.2 Å². The third-order valence-corrected chi connectivity index (χ3v) is 8.64. The SMILES string of the molecule is C=CC(=O)N1CCN2C(=O)c3c(N4C[C@@H](N(C)C)CC4(C)C(F)(F)F)nc(-c4ccccc4F)c(Cl)c3OC[C@H]2C1. The zero-order chi connectivity index (χ0) is 29.9. The second-order valence-corrected chi connectivity index (χ2v) is 11.3. The zero-order valence-corrected chi connectivity index (χ0v) is 23.6. The molecule has 1 aromatic carbocycles. The van der Waals surface area contributed by atoms with Gasteiger partial charge in [-0.25, -0.2) is 9.37 Å². The molecule has 5 rings (SSSR count). The van der Waals surface area contributed by atoms with Crippen molar-refractivity contribution >= 4 is 29.2 Å². The van der Waals surface area contributed by atoms with Crippen molar-refractivity contribution in [2.75, 3.05) is 51.8 Å². The fraction of sp³-hybridized carbons (Fsp3) is 0.464. The maximum atomic E-state index is 15.0. The predicted molar refractivity (Wildman–Crippen MR) is 146 cm³/mol. The van der Waals surface area contributed by atoms with Gasteiger partial charge in [0.25, 0.3) is 5.91 Å². The third-order valence-electron chi connectivity index (χ3n) is 8.29. The number of aromatic nitrogens is 1. The molecule has 0 radical (unpaired) electrons. The molecule has 13 heteroatoms. The fourth-order valence-electron chi connectivity index (χ4n) is 5.78. The van der Waals surface area contributed by atoms with Gasteiger partial charge in [0.1, 0.15) is 34.4 Å². The van der Waals surface area contributed by atoms with E-state index in [0.29, 0.717) is 0 Å². The lowest BCUT2D eigenvalue weighted by molar-refractivity contribution is -0.179. The molecule has 0 N–H and O–H groups in total. The molecular weight excluding hydrogens is 566 g/mol. The summed E-state index contributed by atoms with van der Waals surface area (Å²) in [5.74, 6) is -2.05. The average Bonchev–Trinajstić information content (AvgIpc) is 3.23. The molecule has 2 amide bonds. The van der Waals surface area contributed by atoms with Crippen molar-refractivity contribution < 1.29 is 31.9 Å². The molecule has 3 aliphatic heterocycles. The molecule has 1 aromatic heterocycles. The van der Waals surface area contributed by atoms with E-state index in [0.717, 1.165) is 11.8 Å². The normalized spacial score (nSPS) is 24.6. The fourth-order valence-corrected chi connectivity index (χ4v) is 6.08. The van der Waals surface area contributed by atoms with E-state index in [1.807, 2.05) is 0 Å². The Kier molecular flexibility index (Phi) is 7.44. The van der Waals surface area contributed by atoms with Gasteiger partial charge in [-0.15, -0.1) is 0 Å². The number of carbonyl (C=O) groups excluding carboxylic acids is 2. The first-order valence-corrected chi connectivity index (χ1v) is 13.5. The van der Waals surface area contributed by atoms with E-state index in [2.05, 4.69) is 11.6 Å². The van der Waals surface area contributed by atoms with Gasteiger partial charge < -0.3 is 24.3 Å². The van der Waals surface area contributed by atoms with Gasteiger partial charge in [-0.05, 0) is 45.6 Å². The van der Waals surface area contributed by atoms with Crippen LogP contribution in [0.5, 0.6) is 5.75 Å². The Balaban J connectivity index is 1.72. The molecule has 2 fully saturated rings. The highest BCUT2D eigenvalue weighted by Crippen LogP contribution is 2.50. The largest absolute Gasteiger partial charge is 0.489 e. The van der Waals surface area contributed by atoms with Crippen LogP contribution in [0.3, 0.4) is 0 Å². The number of fused-ring (bicyclic) bond motifs is 2. The van der Waals surface area contributed by atoms with E-state index < -0.39 is 35.5 Å². The standard InChI is InChI=1S/C28H30ClF4N5O3/c1-5-20(39)36-10-11-37-17(13-36)15-41-24-21(26(37)40)25(34-23(22(24)29)18-8-6-7-9-19(18)30)38-14-16(35(3)4)12-27(38,2)28(31,32)33/h5-9,16-17H,1,10-15H2,2-4H3/t16-,17+,27?/m0/s1. The number of hydrogen-bond acceptors (Lipinski definition) is 6. The van der Waals surface area contributed by atoms with E-state index in [4.69, 9.17) is 16.3 Å². The maximum Gasteiger partial charge on any atom is 0.411 e. The van der Waals surface area contributed by atoms with Crippen molar-refractivity contribution in [3.8, 4) is 17.0 Å². The van der Waals surface area contributed by atoms with E-state index in [1.54, 1.807) is 25.1 Å². The smallest absolute Gasteiger partial charge is 0.411 e. The summed E-state index contributed by atoms with van der Waals surface area (Å²) in [6, 6.07) is 4.50. The lowest BCUT2D eigenvalue weighted by Crippen LogP contribution is -2.57. The van der Waals surface area contributed by atoms with Crippen LogP contribution in [0.1, 0.15) is 23.7 Å². The van der Waals surface area contributed by atoms with Gasteiger partial charge in [0.2, 0.25) is 5.91 Å². The highest BCUT2D eigenvalue weighted by atomic mass is 35.5. The Morgan fingerprint density at radius 3 is 2.59 bits per heavy atom. The van der Waals surface area contributed by atoms with Crippen molar-refractivity contribution in [2.45, 2.75) is 37.1 Å². The van der Waals surface area contributed by atoms with Crippen LogP contribution in [-0.4, -0.2) is 102 Å². The van der Waals surface area contributed by atoms with Crippen LogP contribution in [0, 0.1) is 5.82 Å². The van der Waals surface area contributed by atoms with Gasteiger partial charge in [-0.1, -0.05) is 30.3 Å². The van der Waals surface area contributed by atoms with Gasteiger partial charge in [0.15, 0.2) is 5.75 Å². The lowest BCUT2D eigenvalue weighted by Gasteiger charge is -2.40. The Hall–Kier alpha value is -3.38. The summed E-state index contributed by atoms with van der Waals surface area (Å²) in [6.07, 6.45) is -3.80. The number of piperazine rings is 1. The highest BCUT2D eigenvalue weighted by Gasteiger charge is 2.61. The second kappa shape index (κ2) is 10.5. The van der Waals surface area contributed by atoms with Crippen LogP contribution in [0.15, 0.2) is 36.9 Å². The number of carbonyl (C=O) groups is 2. The van der Waals surface area contributed by atoms with Crippen LogP contribution in [-0.2, 0) is 4.79 Å². The summed E-state index contributed by atoms with van der Waals surface area (Å²) < 4.78 is 65.4. The number of likely N-dealkylation sites (N-methyl/N-ethyl adjacent to an activating group) is 1. The predicted octanol–water partition coefficient (Wildman–Crippen LogP) is 4.23. The van der Waals surface area contributed by atoms with E-state index in [-0.39, 0.29) is 78.5 Å². The van der Waals surface area contributed by atoms with Gasteiger partial charge in [-0.2, -0.15) is 13.2 Å². The van der Waals surface area contributed by atoms with E-state index in [9.17, 15) is 27.2 Å². The number of hydrogen-bond donors (Lipinski definition) is 0. The van der Waals surface area contributed by atoms with E-state index in [1.165, 1.54) is 34.1 Å². The molecule has 4 heterocycles. The van der Waals surface area contributed by atoms with Crippen molar-refractivity contribution in [1.82, 2.24) is 19.7 Å². The average molecular weight is 596 g/mol. The molecule has 41 heavy (non-hydrogen) atoms. The monoisotopic (exact) mass is 595 g/mol.